The van der Waals surface area contributed by atoms with Crippen molar-refractivity contribution in [2.45, 2.75) is 20.0 Å². The van der Waals surface area contributed by atoms with E-state index in [1.54, 1.807) is 12.1 Å². The molecule has 1 aromatic carbocycles. The number of halogens is 2. The van der Waals surface area contributed by atoms with Crippen LogP contribution >= 0.6 is 11.3 Å². The first-order chi connectivity index (χ1) is 11.5. The average Bonchev–Trinajstić information content (AvgIpc) is 3.01. The Balaban J connectivity index is 2.22. The highest BCUT2D eigenvalue weighted by Gasteiger charge is 2.14. The molecule has 1 heterocycles. The van der Waals surface area contributed by atoms with Crippen molar-refractivity contribution in [1.29, 1.82) is 5.26 Å². The van der Waals surface area contributed by atoms with Gasteiger partial charge in [-0.1, -0.05) is 36.5 Å². The molecule has 0 bridgehead atoms. The van der Waals surface area contributed by atoms with Crippen LogP contribution in [0.3, 0.4) is 0 Å². The summed E-state index contributed by atoms with van der Waals surface area (Å²) >= 11 is 1.19. The van der Waals surface area contributed by atoms with E-state index >= 15 is 0 Å². The monoisotopic (exact) mass is 350 g/mol. The Kier molecular flexibility index (Phi) is 5.92. The maximum absolute atomic E-state index is 12.4. The van der Waals surface area contributed by atoms with Crippen LogP contribution < -0.4 is 10.1 Å². The van der Waals surface area contributed by atoms with E-state index in [-0.39, 0.29) is 22.0 Å². The molecule has 0 aliphatic carbocycles. The van der Waals surface area contributed by atoms with Gasteiger partial charge in [0.05, 0.1) is 0 Å². The number of hydrogen-bond acceptors (Lipinski definition) is 6. The number of benzene rings is 1. The molecule has 0 aliphatic heterocycles. The van der Waals surface area contributed by atoms with Crippen LogP contribution in [0.4, 0.5) is 13.9 Å². The summed E-state index contributed by atoms with van der Waals surface area (Å²) in [4.78, 5) is 12.1. The maximum Gasteiger partial charge on any atom is 0.387 e. The second-order valence-electron chi connectivity index (χ2n) is 4.39. The summed E-state index contributed by atoms with van der Waals surface area (Å²) in [6.07, 6.45) is 1.85. The summed E-state index contributed by atoms with van der Waals surface area (Å²) < 4.78 is 29.2. The van der Waals surface area contributed by atoms with Crippen molar-refractivity contribution in [1.82, 2.24) is 10.2 Å². The maximum atomic E-state index is 12.4. The summed E-state index contributed by atoms with van der Waals surface area (Å²) in [5, 5.41) is 20.2. The lowest BCUT2D eigenvalue weighted by Gasteiger charge is -2.08. The zero-order valence-electron chi connectivity index (χ0n) is 12.5. The van der Waals surface area contributed by atoms with Crippen LogP contribution in [0.2, 0.25) is 0 Å². The number of aryl methyl sites for hydroxylation is 1. The van der Waals surface area contributed by atoms with E-state index in [2.05, 4.69) is 20.3 Å². The van der Waals surface area contributed by atoms with Crippen LogP contribution in [0.1, 0.15) is 17.5 Å². The zero-order chi connectivity index (χ0) is 17.5. The Morgan fingerprint density at radius 1 is 1.46 bits per heavy atom. The van der Waals surface area contributed by atoms with Crippen molar-refractivity contribution in [3.8, 4) is 11.8 Å². The highest BCUT2D eigenvalue weighted by atomic mass is 32.1. The summed E-state index contributed by atoms with van der Waals surface area (Å²) in [6, 6.07) is 7.61. The van der Waals surface area contributed by atoms with Gasteiger partial charge in [0.2, 0.25) is 5.13 Å². The van der Waals surface area contributed by atoms with Crippen molar-refractivity contribution in [2.75, 3.05) is 5.32 Å². The molecule has 0 saturated carbocycles. The summed E-state index contributed by atoms with van der Waals surface area (Å²) in [5.74, 6) is -0.833. The minimum absolute atomic E-state index is 0.128. The summed E-state index contributed by atoms with van der Waals surface area (Å²) in [7, 11) is 0. The van der Waals surface area contributed by atoms with Gasteiger partial charge in [0.25, 0.3) is 5.91 Å². The SMILES string of the molecule is CCc1nnc(NC(=O)C(C#N)=Cc2ccccc2OC(F)F)s1. The lowest BCUT2D eigenvalue weighted by atomic mass is 10.1. The molecule has 0 fully saturated rings. The molecular weight excluding hydrogens is 338 g/mol. The van der Waals surface area contributed by atoms with Gasteiger partial charge in [-0.25, -0.2) is 0 Å². The Morgan fingerprint density at radius 2 is 2.21 bits per heavy atom. The van der Waals surface area contributed by atoms with E-state index in [0.717, 1.165) is 5.01 Å². The van der Waals surface area contributed by atoms with Gasteiger partial charge in [0, 0.05) is 5.56 Å². The Morgan fingerprint density at radius 3 is 2.83 bits per heavy atom. The molecule has 0 saturated heterocycles. The molecule has 1 amide bonds. The van der Waals surface area contributed by atoms with E-state index in [1.165, 1.54) is 35.6 Å². The van der Waals surface area contributed by atoms with Crippen molar-refractivity contribution in [3.63, 3.8) is 0 Å². The van der Waals surface area contributed by atoms with Crippen LogP contribution in [0.15, 0.2) is 29.8 Å². The van der Waals surface area contributed by atoms with E-state index in [0.29, 0.717) is 6.42 Å². The van der Waals surface area contributed by atoms with Gasteiger partial charge in [-0.3, -0.25) is 10.1 Å². The van der Waals surface area contributed by atoms with Crippen LogP contribution in [0, 0.1) is 11.3 Å². The molecule has 2 rings (SSSR count). The molecule has 0 atom stereocenters. The van der Waals surface area contributed by atoms with Crippen molar-refractivity contribution < 1.29 is 18.3 Å². The van der Waals surface area contributed by atoms with Crippen LogP contribution in [0.5, 0.6) is 5.75 Å². The molecule has 0 spiro atoms. The number of nitrogens with one attached hydrogen (secondary N) is 1. The number of carbonyl (C=O) groups excluding carboxylic acids is 1. The predicted octanol–water partition coefficient (Wildman–Crippen LogP) is 3.25. The molecule has 1 aromatic heterocycles. The van der Waals surface area contributed by atoms with Gasteiger partial charge in [0.15, 0.2) is 0 Å². The van der Waals surface area contributed by atoms with E-state index in [4.69, 9.17) is 5.26 Å². The third-order valence-electron chi connectivity index (χ3n) is 2.79. The van der Waals surface area contributed by atoms with Crippen molar-refractivity contribution in [3.05, 3.63) is 40.4 Å². The number of amides is 1. The first-order valence-electron chi connectivity index (χ1n) is 6.82. The van der Waals surface area contributed by atoms with Gasteiger partial charge in [-0.05, 0) is 18.6 Å². The second-order valence-corrected chi connectivity index (χ2v) is 5.46. The number of nitriles is 1. The van der Waals surface area contributed by atoms with Crippen molar-refractivity contribution >= 4 is 28.5 Å². The third kappa shape index (κ3) is 4.57. The minimum atomic E-state index is -3.01. The lowest BCUT2D eigenvalue weighted by Crippen LogP contribution is -2.13. The summed E-state index contributed by atoms with van der Waals surface area (Å²) in [5.41, 5.74) is -0.0791. The first-order valence-corrected chi connectivity index (χ1v) is 7.64. The van der Waals surface area contributed by atoms with Gasteiger partial charge in [-0.2, -0.15) is 14.0 Å². The smallest absolute Gasteiger partial charge is 0.387 e. The molecule has 6 nitrogen and oxygen atoms in total. The topological polar surface area (TPSA) is 87.9 Å². The number of aromatic nitrogens is 2. The van der Waals surface area contributed by atoms with Gasteiger partial charge in [-0.15, -0.1) is 10.2 Å². The quantitative estimate of drug-likeness (QED) is 0.638. The number of anilines is 1. The van der Waals surface area contributed by atoms with Crippen molar-refractivity contribution in [2.24, 2.45) is 0 Å². The number of hydrogen-bond donors (Lipinski definition) is 1. The number of rotatable bonds is 6. The van der Waals surface area contributed by atoms with Crippen LogP contribution in [0.25, 0.3) is 6.08 Å². The molecule has 24 heavy (non-hydrogen) atoms. The molecule has 1 N–H and O–H groups in total. The number of nitrogens with zero attached hydrogens (tertiary/aromatic N) is 3. The number of ether oxygens (including phenoxy) is 1. The van der Waals surface area contributed by atoms with E-state index in [1.807, 2.05) is 6.92 Å². The summed E-state index contributed by atoms with van der Waals surface area (Å²) in [6.45, 7) is -1.11. The fourth-order valence-corrected chi connectivity index (χ4v) is 2.39. The van der Waals surface area contributed by atoms with Gasteiger partial charge >= 0.3 is 6.61 Å². The molecule has 2 aromatic rings. The molecular formula is C15H12F2N4O2S. The average molecular weight is 350 g/mol. The molecule has 9 heteroatoms. The highest BCUT2D eigenvalue weighted by molar-refractivity contribution is 7.15. The second kappa shape index (κ2) is 8.12. The largest absolute Gasteiger partial charge is 0.434 e. The number of alkyl halides is 2. The molecule has 0 radical (unpaired) electrons. The number of para-hydroxylation sites is 1. The first kappa shape index (κ1) is 17.5. The molecule has 0 unspecified atom stereocenters. The van der Waals surface area contributed by atoms with E-state index < -0.39 is 12.5 Å². The standard InChI is InChI=1S/C15H12F2N4O2S/c1-2-12-20-21-15(24-12)19-13(22)10(8-18)7-9-5-3-4-6-11(9)23-14(16)17/h3-7,14H,2H2,1H3,(H,19,21,22). The zero-order valence-corrected chi connectivity index (χ0v) is 13.3. The van der Waals surface area contributed by atoms with Crippen LogP contribution in [-0.2, 0) is 11.2 Å². The Hall–Kier alpha value is -2.86. The van der Waals surface area contributed by atoms with Crippen LogP contribution in [-0.4, -0.2) is 22.7 Å². The van der Waals surface area contributed by atoms with E-state index in [9.17, 15) is 13.6 Å². The lowest BCUT2D eigenvalue weighted by molar-refractivity contribution is -0.112. The molecule has 124 valence electrons. The Labute approximate surface area is 140 Å². The minimum Gasteiger partial charge on any atom is -0.434 e. The van der Waals surface area contributed by atoms with Gasteiger partial charge < -0.3 is 4.74 Å². The third-order valence-corrected chi connectivity index (χ3v) is 3.77. The fraction of sp³-hybridized carbons (Fsp3) is 0.200. The van der Waals surface area contributed by atoms with Gasteiger partial charge in [0.1, 0.15) is 22.4 Å². The predicted molar refractivity (Wildman–Crippen MR) is 84.6 cm³/mol. The Bertz CT molecular complexity index is 799. The fourth-order valence-electron chi connectivity index (χ4n) is 1.72. The molecule has 0 aliphatic rings. The normalized spacial score (nSPS) is 11.2. The highest BCUT2D eigenvalue weighted by Crippen LogP contribution is 2.23. The number of carbonyl (C=O) groups is 1.